The molecule has 35 heavy (non-hydrogen) atoms. The minimum atomic E-state index is -3.87. The number of hydrogen-bond donors (Lipinski definition) is 0. The molecule has 0 aromatic heterocycles. The molecule has 0 spiro atoms. The number of Topliss-reactive ketones (excluding diaryl/α,β-unsaturated/α-hetero) is 1. The Bertz CT molecular complexity index is 1010. The lowest BCUT2D eigenvalue weighted by Gasteiger charge is -2.59. The Hall–Kier alpha value is -1.73. The van der Waals surface area contributed by atoms with Gasteiger partial charge in [0.15, 0.2) is 0 Å². The first-order valence-electron chi connectivity index (χ1n) is 12.9. The van der Waals surface area contributed by atoms with E-state index in [-0.39, 0.29) is 52.3 Å². The Morgan fingerprint density at radius 2 is 1.74 bits per heavy atom. The molecule has 2 aliphatic carbocycles. The van der Waals surface area contributed by atoms with Crippen LogP contribution in [0.25, 0.3) is 0 Å². The molecule has 7 heteroatoms. The third-order valence-corrected chi connectivity index (χ3v) is 10.3. The molecule has 0 saturated heterocycles. The van der Waals surface area contributed by atoms with Crippen molar-refractivity contribution in [2.75, 3.05) is 13.7 Å². The monoisotopic (exact) mass is 506 g/mol. The molecular weight excluding hydrogens is 464 g/mol. The van der Waals surface area contributed by atoms with Crippen molar-refractivity contribution < 1.29 is 26.9 Å². The van der Waals surface area contributed by atoms with Crippen molar-refractivity contribution in [3.63, 3.8) is 0 Å². The lowest BCUT2D eigenvalue weighted by molar-refractivity contribution is -0.174. The van der Waals surface area contributed by atoms with Gasteiger partial charge in [-0.15, -0.1) is 0 Å². The third kappa shape index (κ3) is 5.66. The maximum atomic E-state index is 12.9. The summed E-state index contributed by atoms with van der Waals surface area (Å²) >= 11 is 0. The second-order valence-electron chi connectivity index (χ2n) is 11.5. The van der Waals surface area contributed by atoms with Crippen molar-refractivity contribution >= 4 is 21.9 Å². The Labute approximate surface area is 211 Å². The average Bonchev–Trinajstić information content (AvgIpc) is 2.81. The maximum absolute atomic E-state index is 12.9. The normalized spacial score (nSPS) is 31.1. The summed E-state index contributed by atoms with van der Waals surface area (Å²) in [5.74, 6) is 0.222. The summed E-state index contributed by atoms with van der Waals surface area (Å²) in [5, 5.41) is 0. The fourth-order valence-corrected chi connectivity index (χ4v) is 7.86. The summed E-state index contributed by atoms with van der Waals surface area (Å²) in [6, 6.07) is 6.67. The molecule has 1 aromatic carbocycles. The van der Waals surface area contributed by atoms with Gasteiger partial charge in [0.25, 0.3) is 10.1 Å². The number of esters is 1. The second-order valence-corrected chi connectivity index (χ2v) is 13.1. The quantitative estimate of drug-likeness (QED) is 0.315. The van der Waals surface area contributed by atoms with Gasteiger partial charge in [0.2, 0.25) is 0 Å². The van der Waals surface area contributed by atoms with Crippen molar-refractivity contribution in [2.45, 2.75) is 84.5 Å². The Balaban J connectivity index is 1.87. The maximum Gasteiger partial charge on any atom is 0.311 e. The molecule has 1 aromatic rings. The molecule has 196 valence electrons. The molecule has 3 rings (SSSR count). The number of carbonyl (C=O) groups excluding carboxylic acids is 2. The van der Waals surface area contributed by atoms with Crippen LogP contribution in [-0.4, -0.2) is 33.9 Å². The molecular formula is C28H42O6S. The lowest BCUT2D eigenvalue weighted by atomic mass is 9.45. The van der Waals surface area contributed by atoms with E-state index in [9.17, 15) is 18.0 Å². The highest BCUT2D eigenvalue weighted by atomic mass is 32.2. The molecule has 0 aliphatic heterocycles. The minimum absolute atomic E-state index is 0.00330. The standard InChI is InChI=1S/C28H42O6S/c1-19(2)24(29)14-13-23-21(18-34-35(31,32)22-11-8-20(3)9-12-22)10-15-25-27(23,4)16-7-17-28(25,5)26(30)33-6/h8-9,11-12,19,21,23,25H,7,10,13-18H2,1-6H3/t21?,23?,25?,27-,28-/m1/s1. The van der Waals surface area contributed by atoms with Gasteiger partial charge in [0, 0.05) is 12.3 Å². The van der Waals surface area contributed by atoms with Gasteiger partial charge in [0.05, 0.1) is 24.0 Å². The first kappa shape index (κ1) is 27.9. The highest BCUT2D eigenvalue weighted by Gasteiger charge is 2.59. The number of ketones is 1. The number of hydrogen-bond acceptors (Lipinski definition) is 6. The molecule has 6 nitrogen and oxygen atoms in total. The minimum Gasteiger partial charge on any atom is -0.469 e. The number of methoxy groups -OCH3 is 1. The van der Waals surface area contributed by atoms with E-state index < -0.39 is 15.5 Å². The fraction of sp³-hybridized carbons (Fsp3) is 0.714. The van der Waals surface area contributed by atoms with Gasteiger partial charge in [-0.05, 0) is 81.3 Å². The number of ether oxygens (including phenoxy) is 1. The molecule has 0 radical (unpaired) electrons. The lowest BCUT2D eigenvalue weighted by Crippen LogP contribution is -2.55. The number of fused-ring (bicyclic) bond motifs is 1. The number of aryl methyl sites for hydroxylation is 1. The SMILES string of the molecule is COC(=O)[C@]1(C)CCC[C@]2(C)C(CCC(=O)C(C)C)C(COS(=O)(=O)c3ccc(C)cc3)CCC21. The Morgan fingerprint density at radius 3 is 2.34 bits per heavy atom. The molecule has 5 atom stereocenters. The zero-order valence-corrected chi connectivity index (χ0v) is 22.9. The van der Waals surface area contributed by atoms with Crippen LogP contribution < -0.4 is 0 Å². The van der Waals surface area contributed by atoms with Crippen LogP contribution in [0.15, 0.2) is 29.2 Å². The van der Waals surface area contributed by atoms with Crippen LogP contribution in [0.4, 0.5) is 0 Å². The Kier molecular flexibility index (Phi) is 8.53. The van der Waals surface area contributed by atoms with Gasteiger partial charge < -0.3 is 4.74 Å². The largest absolute Gasteiger partial charge is 0.469 e. The molecule has 0 N–H and O–H groups in total. The van der Waals surface area contributed by atoms with Gasteiger partial charge in [-0.25, -0.2) is 0 Å². The first-order valence-corrected chi connectivity index (χ1v) is 14.3. The van der Waals surface area contributed by atoms with Crippen molar-refractivity contribution in [1.82, 2.24) is 0 Å². The van der Waals surface area contributed by atoms with E-state index in [1.807, 2.05) is 27.7 Å². The van der Waals surface area contributed by atoms with Crippen LogP contribution in [0.3, 0.4) is 0 Å². The summed E-state index contributed by atoms with van der Waals surface area (Å²) in [4.78, 5) is 25.6. The van der Waals surface area contributed by atoms with E-state index in [4.69, 9.17) is 8.92 Å². The van der Waals surface area contributed by atoms with Crippen molar-refractivity contribution in [3.8, 4) is 0 Å². The molecule has 0 heterocycles. The fourth-order valence-electron chi connectivity index (χ4n) is 6.90. The van der Waals surface area contributed by atoms with Gasteiger partial charge in [-0.3, -0.25) is 13.8 Å². The summed E-state index contributed by atoms with van der Waals surface area (Å²) in [6.07, 6.45) is 5.36. The van der Waals surface area contributed by atoms with Gasteiger partial charge in [-0.1, -0.05) is 44.9 Å². The highest BCUT2D eigenvalue weighted by Crippen LogP contribution is 2.62. The topological polar surface area (TPSA) is 86.7 Å². The number of carbonyl (C=O) groups is 2. The van der Waals surface area contributed by atoms with Gasteiger partial charge in [-0.2, -0.15) is 8.42 Å². The van der Waals surface area contributed by atoms with Crippen molar-refractivity contribution in [1.29, 1.82) is 0 Å². The molecule has 3 unspecified atom stereocenters. The van der Waals surface area contributed by atoms with Crippen LogP contribution in [0.1, 0.15) is 78.2 Å². The van der Waals surface area contributed by atoms with E-state index >= 15 is 0 Å². The molecule has 2 aliphatic rings. The summed E-state index contributed by atoms with van der Waals surface area (Å²) in [6.45, 7) is 10.1. The predicted octanol–water partition coefficient (Wildman–Crippen LogP) is 5.72. The van der Waals surface area contributed by atoms with Gasteiger partial charge in [0.1, 0.15) is 5.78 Å². The van der Waals surface area contributed by atoms with Crippen molar-refractivity contribution in [2.24, 2.45) is 34.5 Å². The highest BCUT2D eigenvalue weighted by molar-refractivity contribution is 7.86. The molecule has 2 saturated carbocycles. The van der Waals surface area contributed by atoms with Crippen LogP contribution >= 0.6 is 0 Å². The van der Waals surface area contributed by atoms with Crippen LogP contribution in [0.5, 0.6) is 0 Å². The van der Waals surface area contributed by atoms with Crippen LogP contribution in [0.2, 0.25) is 0 Å². The molecule has 2 fully saturated rings. The molecule has 0 bridgehead atoms. The third-order valence-electron chi connectivity index (χ3n) is 8.96. The zero-order valence-electron chi connectivity index (χ0n) is 22.1. The number of benzene rings is 1. The van der Waals surface area contributed by atoms with Crippen molar-refractivity contribution in [3.05, 3.63) is 29.8 Å². The van der Waals surface area contributed by atoms with Crippen LogP contribution in [-0.2, 0) is 28.6 Å². The first-order chi connectivity index (χ1) is 16.3. The second kappa shape index (κ2) is 10.7. The van der Waals surface area contributed by atoms with Crippen LogP contribution in [0, 0.1) is 41.4 Å². The predicted molar refractivity (Wildman–Crippen MR) is 135 cm³/mol. The number of rotatable bonds is 9. The average molecular weight is 507 g/mol. The zero-order chi connectivity index (χ0) is 26.0. The smallest absolute Gasteiger partial charge is 0.311 e. The summed E-state index contributed by atoms with van der Waals surface area (Å²) < 4.78 is 36.7. The van der Waals surface area contributed by atoms with E-state index in [1.54, 1.807) is 24.3 Å². The Morgan fingerprint density at radius 1 is 1.09 bits per heavy atom. The van der Waals surface area contributed by atoms with E-state index in [0.29, 0.717) is 12.8 Å². The van der Waals surface area contributed by atoms with Gasteiger partial charge >= 0.3 is 5.97 Å². The summed E-state index contributed by atoms with van der Waals surface area (Å²) in [5.41, 5.74) is 0.219. The molecule has 0 amide bonds. The van der Waals surface area contributed by atoms with E-state index in [2.05, 4.69) is 6.92 Å². The van der Waals surface area contributed by atoms with E-state index in [0.717, 1.165) is 37.7 Å². The summed E-state index contributed by atoms with van der Waals surface area (Å²) in [7, 11) is -2.42. The van der Waals surface area contributed by atoms with E-state index in [1.165, 1.54) is 7.11 Å².